The molecule has 3 aromatic heterocycles. The van der Waals surface area contributed by atoms with Gasteiger partial charge in [0.05, 0.1) is 22.7 Å². The zero-order valence-corrected chi connectivity index (χ0v) is 11.7. The zero-order chi connectivity index (χ0) is 14.2. The van der Waals surface area contributed by atoms with Crippen molar-refractivity contribution >= 4 is 22.2 Å². The summed E-state index contributed by atoms with van der Waals surface area (Å²) in [7, 11) is 0. The van der Waals surface area contributed by atoms with Crippen molar-refractivity contribution in [1.29, 1.82) is 0 Å². The number of hydrogen-bond acceptors (Lipinski definition) is 3. The van der Waals surface area contributed by atoms with Crippen LogP contribution < -0.4 is 5.32 Å². The molecule has 2 N–H and O–H groups in total. The molecule has 21 heavy (non-hydrogen) atoms. The van der Waals surface area contributed by atoms with Crippen molar-refractivity contribution in [3.63, 3.8) is 0 Å². The fraction of sp³-hybridized carbons (Fsp3) is 0.125. The van der Waals surface area contributed by atoms with Crippen molar-refractivity contribution in [1.82, 2.24) is 19.6 Å². The number of benzene rings is 1. The van der Waals surface area contributed by atoms with Gasteiger partial charge in [-0.05, 0) is 37.3 Å². The van der Waals surface area contributed by atoms with Gasteiger partial charge in [0, 0.05) is 24.0 Å². The minimum atomic E-state index is 0.742. The van der Waals surface area contributed by atoms with Gasteiger partial charge in [0.2, 0.25) is 0 Å². The van der Waals surface area contributed by atoms with Crippen molar-refractivity contribution in [3.8, 4) is 0 Å². The molecule has 3 heterocycles. The van der Waals surface area contributed by atoms with E-state index < -0.39 is 0 Å². The second-order valence-electron chi connectivity index (χ2n) is 5.11. The second-order valence-corrected chi connectivity index (χ2v) is 5.11. The molecule has 104 valence electrons. The molecule has 5 heteroatoms. The first kappa shape index (κ1) is 12.0. The summed E-state index contributed by atoms with van der Waals surface area (Å²) in [5.41, 5.74) is 5.42. The van der Waals surface area contributed by atoms with E-state index >= 15 is 0 Å². The van der Waals surface area contributed by atoms with Gasteiger partial charge in [0.15, 0.2) is 0 Å². The van der Waals surface area contributed by atoms with Crippen LogP contribution in [0.2, 0.25) is 0 Å². The molecule has 0 aliphatic heterocycles. The Balaban J connectivity index is 1.60. The van der Waals surface area contributed by atoms with Crippen LogP contribution in [0.25, 0.3) is 16.6 Å². The molecule has 4 rings (SSSR count). The Morgan fingerprint density at radius 3 is 3.14 bits per heavy atom. The minimum absolute atomic E-state index is 0.742. The second kappa shape index (κ2) is 4.63. The van der Waals surface area contributed by atoms with Gasteiger partial charge >= 0.3 is 0 Å². The lowest BCUT2D eigenvalue weighted by Gasteiger charge is -2.05. The SMILES string of the molecule is Cc1nc2ccc(NCc3cnn4ccccc34)cc2[nH]1. The number of hydrogen-bond donors (Lipinski definition) is 2. The van der Waals surface area contributed by atoms with E-state index in [0.717, 1.165) is 34.6 Å². The molecule has 0 unspecified atom stereocenters. The Bertz CT molecular complexity index is 919. The highest BCUT2D eigenvalue weighted by atomic mass is 15.2. The van der Waals surface area contributed by atoms with Crippen molar-refractivity contribution in [2.75, 3.05) is 5.32 Å². The number of aromatic amines is 1. The normalized spacial score (nSPS) is 11.3. The lowest BCUT2D eigenvalue weighted by molar-refractivity contribution is 0.961. The smallest absolute Gasteiger partial charge is 0.104 e. The first-order valence-electron chi connectivity index (χ1n) is 6.91. The first-order chi connectivity index (χ1) is 10.3. The van der Waals surface area contributed by atoms with Gasteiger partial charge < -0.3 is 10.3 Å². The maximum absolute atomic E-state index is 4.41. The maximum Gasteiger partial charge on any atom is 0.104 e. The molecule has 0 atom stereocenters. The van der Waals surface area contributed by atoms with Crippen molar-refractivity contribution in [2.24, 2.45) is 0 Å². The van der Waals surface area contributed by atoms with Crippen LogP contribution in [0.5, 0.6) is 0 Å². The zero-order valence-electron chi connectivity index (χ0n) is 11.7. The van der Waals surface area contributed by atoms with Crippen LogP contribution in [0.3, 0.4) is 0 Å². The van der Waals surface area contributed by atoms with E-state index in [4.69, 9.17) is 0 Å². The quantitative estimate of drug-likeness (QED) is 0.605. The summed E-state index contributed by atoms with van der Waals surface area (Å²) in [5.74, 6) is 0.935. The molecule has 0 fully saturated rings. The van der Waals surface area contributed by atoms with E-state index in [1.54, 1.807) is 0 Å². The average Bonchev–Trinajstić information content (AvgIpc) is 3.07. The summed E-state index contributed by atoms with van der Waals surface area (Å²) in [4.78, 5) is 7.66. The fourth-order valence-corrected chi connectivity index (χ4v) is 2.57. The van der Waals surface area contributed by atoms with E-state index in [1.807, 2.05) is 48.1 Å². The summed E-state index contributed by atoms with van der Waals surface area (Å²) in [6.07, 6.45) is 3.86. The molecule has 0 spiro atoms. The van der Waals surface area contributed by atoms with Gasteiger partial charge in [-0.3, -0.25) is 0 Å². The van der Waals surface area contributed by atoms with E-state index in [2.05, 4.69) is 32.5 Å². The number of nitrogens with one attached hydrogen (secondary N) is 2. The minimum Gasteiger partial charge on any atom is -0.381 e. The van der Waals surface area contributed by atoms with Gasteiger partial charge in [-0.25, -0.2) is 9.50 Å². The predicted octanol–water partition coefficient (Wildman–Crippen LogP) is 3.13. The van der Waals surface area contributed by atoms with Crippen molar-refractivity contribution < 1.29 is 0 Å². The van der Waals surface area contributed by atoms with Crippen molar-refractivity contribution in [3.05, 3.63) is 60.2 Å². The molecule has 0 saturated heterocycles. The van der Waals surface area contributed by atoms with Gasteiger partial charge in [-0.15, -0.1) is 0 Å². The Kier molecular flexibility index (Phi) is 2.64. The number of fused-ring (bicyclic) bond motifs is 2. The van der Waals surface area contributed by atoms with Crippen LogP contribution >= 0.6 is 0 Å². The fourth-order valence-electron chi connectivity index (χ4n) is 2.57. The molecular formula is C16H15N5. The van der Waals surface area contributed by atoms with E-state index in [-0.39, 0.29) is 0 Å². The molecule has 5 nitrogen and oxygen atoms in total. The Morgan fingerprint density at radius 1 is 1.24 bits per heavy atom. The molecule has 0 bridgehead atoms. The van der Waals surface area contributed by atoms with Crippen LogP contribution in [0.1, 0.15) is 11.4 Å². The summed E-state index contributed by atoms with van der Waals surface area (Å²) < 4.78 is 1.89. The third-order valence-corrected chi connectivity index (χ3v) is 3.59. The summed E-state index contributed by atoms with van der Waals surface area (Å²) in [5, 5.41) is 7.78. The lowest BCUT2D eigenvalue weighted by Crippen LogP contribution is -1.98. The largest absolute Gasteiger partial charge is 0.381 e. The number of pyridine rings is 1. The van der Waals surface area contributed by atoms with Crippen LogP contribution in [-0.2, 0) is 6.54 Å². The number of imidazole rings is 1. The number of nitrogens with zero attached hydrogens (tertiary/aromatic N) is 3. The van der Waals surface area contributed by atoms with Gasteiger partial charge in [0.1, 0.15) is 5.82 Å². The molecule has 0 aliphatic rings. The first-order valence-corrected chi connectivity index (χ1v) is 6.91. The standard InChI is InChI=1S/C16H15N5/c1-11-19-14-6-5-13(8-15(14)20-11)17-9-12-10-18-21-7-3-2-4-16(12)21/h2-8,10,17H,9H2,1H3,(H,19,20). The van der Waals surface area contributed by atoms with Crippen molar-refractivity contribution in [2.45, 2.75) is 13.5 Å². The summed E-state index contributed by atoms with van der Waals surface area (Å²) in [6, 6.07) is 12.2. The molecule has 0 radical (unpaired) electrons. The van der Waals surface area contributed by atoms with Crippen LogP contribution in [0, 0.1) is 6.92 Å². The topological polar surface area (TPSA) is 58.0 Å². The predicted molar refractivity (Wildman–Crippen MR) is 83.3 cm³/mol. The molecule has 0 aliphatic carbocycles. The summed E-state index contributed by atoms with van der Waals surface area (Å²) >= 11 is 0. The highest BCUT2D eigenvalue weighted by Crippen LogP contribution is 2.18. The van der Waals surface area contributed by atoms with E-state index in [9.17, 15) is 0 Å². The van der Waals surface area contributed by atoms with Gasteiger partial charge in [-0.1, -0.05) is 6.07 Å². The number of aromatic nitrogens is 4. The van der Waals surface area contributed by atoms with E-state index in [0.29, 0.717) is 0 Å². The van der Waals surface area contributed by atoms with E-state index in [1.165, 1.54) is 5.56 Å². The number of rotatable bonds is 3. The molecule has 0 saturated carbocycles. The number of anilines is 1. The molecule has 4 aromatic rings. The number of H-pyrrole nitrogens is 1. The van der Waals surface area contributed by atoms with Crippen LogP contribution in [0.15, 0.2) is 48.8 Å². The van der Waals surface area contributed by atoms with Gasteiger partial charge in [-0.2, -0.15) is 5.10 Å². The Labute approximate surface area is 121 Å². The summed E-state index contributed by atoms with van der Waals surface area (Å²) in [6.45, 7) is 2.71. The average molecular weight is 277 g/mol. The van der Waals surface area contributed by atoms with Crippen LogP contribution in [-0.4, -0.2) is 19.6 Å². The third kappa shape index (κ3) is 2.12. The van der Waals surface area contributed by atoms with Crippen LogP contribution in [0.4, 0.5) is 5.69 Å². The Hall–Kier alpha value is -2.82. The number of aryl methyl sites for hydroxylation is 1. The highest BCUT2D eigenvalue weighted by molar-refractivity contribution is 5.79. The lowest BCUT2D eigenvalue weighted by atomic mass is 10.2. The third-order valence-electron chi connectivity index (χ3n) is 3.59. The maximum atomic E-state index is 4.41. The highest BCUT2D eigenvalue weighted by Gasteiger charge is 2.04. The molecular weight excluding hydrogens is 262 g/mol. The molecule has 1 aromatic carbocycles. The Morgan fingerprint density at radius 2 is 2.19 bits per heavy atom. The van der Waals surface area contributed by atoms with Gasteiger partial charge in [0.25, 0.3) is 0 Å². The molecule has 0 amide bonds. The monoisotopic (exact) mass is 277 g/mol.